The highest BCUT2D eigenvalue weighted by molar-refractivity contribution is 7.94. The summed E-state index contributed by atoms with van der Waals surface area (Å²) in [4.78, 5) is 23.1. The molecule has 1 aliphatic rings. The summed E-state index contributed by atoms with van der Waals surface area (Å²) in [6.45, 7) is 6.30. The summed E-state index contributed by atoms with van der Waals surface area (Å²) in [6, 6.07) is 8.86. The first-order valence-electron chi connectivity index (χ1n) is 11.3. The predicted molar refractivity (Wildman–Crippen MR) is 143 cm³/mol. The second kappa shape index (κ2) is 11.5. The normalized spacial score (nSPS) is 14.6. The quantitative estimate of drug-likeness (QED) is 0.360. The van der Waals surface area contributed by atoms with Crippen molar-refractivity contribution in [3.63, 3.8) is 0 Å². The Morgan fingerprint density at radius 3 is 2.69 bits per heavy atom. The van der Waals surface area contributed by atoms with Crippen LogP contribution in [0, 0.1) is 0 Å². The maximum absolute atomic E-state index is 12.7. The van der Waals surface area contributed by atoms with Crippen LogP contribution in [0.1, 0.15) is 13.8 Å². The van der Waals surface area contributed by atoms with Gasteiger partial charge in [0.1, 0.15) is 9.23 Å². The van der Waals surface area contributed by atoms with Gasteiger partial charge < -0.3 is 20.7 Å². The van der Waals surface area contributed by atoms with E-state index in [1.807, 2.05) is 11.0 Å². The second-order valence-electron chi connectivity index (χ2n) is 8.37. The number of ether oxygens (including phenoxy) is 1. The number of benzene rings is 1. The molecule has 0 radical (unpaired) electrons. The minimum atomic E-state index is -3.47. The van der Waals surface area contributed by atoms with E-state index in [0.717, 1.165) is 24.4 Å². The average molecular weight is 551 g/mol. The lowest BCUT2D eigenvalue weighted by Crippen LogP contribution is -2.41. The van der Waals surface area contributed by atoms with Gasteiger partial charge in [0.25, 0.3) is 0 Å². The monoisotopic (exact) mass is 550 g/mol. The van der Waals surface area contributed by atoms with E-state index in [-0.39, 0.29) is 26.9 Å². The zero-order chi connectivity index (χ0) is 25.7. The largest absolute Gasteiger partial charge is 0.379 e. The summed E-state index contributed by atoms with van der Waals surface area (Å²) in [6.07, 6.45) is 1.43. The number of nitrogens with one attached hydrogen (secondary N) is 3. The lowest BCUT2D eigenvalue weighted by molar-refractivity contribution is -0.118. The molecule has 1 fully saturated rings. The molecule has 3 heterocycles. The van der Waals surface area contributed by atoms with Crippen LogP contribution in [0.3, 0.4) is 0 Å². The molecule has 0 spiro atoms. The molecule has 0 atom stereocenters. The van der Waals surface area contributed by atoms with Crippen molar-refractivity contribution in [2.24, 2.45) is 0 Å². The molecular weight excluding hydrogens is 524 g/mol. The van der Waals surface area contributed by atoms with Crippen LogP contribution in [0.15, 0.2) is 46.1 Å². The number of morpholine rings is 1. The molecule has 192 valence electrons. The van der Waals surface area contributed by atoms with E-state index < -0.39 is 15.1 Å². The highest BCUT2D eigenvalue weighted by Crippen LogP contribution is 2.34. The first kappa shape index (κ1) is 26.3. The number of carbonyl (C=O) groups is 1. The van der Waals surface area contributed by atoms with Gasteiger partial charge in [0, 0.05) is 24.5 Å². The second-order valence-corrected chi connectivity index (χ2v) is 12.4. The number of rotatable bonds is 9. The van der Waals surface area contributed by atoms with Gasteiger partial charge in [-0.1, -0.05) is 17.7 Å². The van der Waals surface area contributed by atoms with Gasteiger partial charge in [-0.2, -0.15) is 4.98 Å². The van der Waals surface area contributed by atoms with Gasteiger partial charge in [-0.05, 0) is 43.5 Å². The molecule has 1 aliphatic heterocycles. The van der Waals surface area contributed by atoms with Gasteiger partial charge in [-0.15, -0.1) is 11.3 Å². The number of anilines is 5. The van der Waals surface area contributed by atoms with Crippen LogP contribution >= 0.6 is 22.9 Å². The fraction of sp³-hybridized carbons (Fsp3) is 0.348. The van der Waals surface area contributed by atoms with Crippen molar-refractivity contribution in [1.29, 1.82) is 0 Å². The molecular formula is C23H27ClN6O4S2. The Labute approximate surface area is 219 Å². The fourth-order valence-corrected chi connectivity index (χ4v) is 6.28. The Bertz CT molecular complexity index is 1330. The third kappa shape index (κ3) is 6.51. The SMILES string of the molecule is CC(C)S(=O)(=O)c1sccc1Nc1nc(Nc2cccc(NC(=O)CN3CCOCC3)c2)ncc1Cl. The smallest absolute Gasteiger partial charge is 0.238 e. The van der Waals surface area contributed by atoms with E-state index in [0.29, 0.717) is 36.8 Å². The third-order valence-electron chi connectivity index (χ3n) is 5.38. The Balaban J connectivity index is 1.45. The van der Waals surface area contributed by atoms with Gasteiger partial charge in [-0.3, -0.25) is 9.69 Å². The number of thiophene rings is 1. The van der Waals surface area contributed by atoms with E-state index in [1.54, 1.807) is 43.5 Å². The van der Waals surface area contributed by atoms with Crippen LogP contribution in [-0.2, 0) is 19.4 Å². The maximum Gasteiger partial charge on any atom is 0.238 e. The van der Waals surface area contributed by atoms with E-state index in [2.05, 4.69) is 25.9 Å². The van der Waals surface area contributed by atoms with Crippen LogP contribution in [0.4, 0.5) is 28.8 Å². The van der Waals surface area contributed by atoms with Crippen molar-refractivity contribution in [3.05, 3.63) is 46.9 Å². The van der Waals surface area contributed by atoms with E-state index >= 15 is 0 Å². The third-order valence-corrected chi connectivity index (χ3v) is 9.33. The van der Waals surface area contributed by atoms with E-state index in [9.17, 15) is 13.2 Å². The number of hydrogen-bond donors (Lipinski definition) is 3. The van der Waals surface area contributed by atoms with Crippen molar-refractivity contribution >= 4 is 67.5 Å². The minimum Gasteiger partial charge on any atom is -0.379 e. The van der Waals surface area contributed by atoms with Crippen LogP contribution in [-0.4, -0.2) is 67.3 Å². The van der Waals surface area contributed by atoms with Crippen molar-refractivity contribution in [1.82, 2.24) is 14.9 Å². The lowest BCUT2D eigenvalue weighted by Gasteiger charge is -2.25. The number of halogens is 1. The van der Waals surface area contributed by atoms with Crippen molar-refractivity contribution in [2.45, 2.75) is 23.3 Å². The standard InChI is InChI=1S/C23H27ClN6O4S2/c1-15(2)36(32,33)22-19(6-11-35-22)28-21-18(24)13-25-23(29-21)27-17-5-3-4-16(12-17)26-20(31)14-30-7-9-34-10-8-30/h3-6,11-13,15H,7-10,14H2,1-2H3,(H,26,31)(H2,25,27,28,29). The summed E-state index contributed by atoms with van der Waals surface area (Å²) in [5.41, 5.74) is 1.70. The van der Waals surface area contributed by atoms with E-state index in [4.69, 9.17) is 16.3 Å². The summed E-state index contributed by atoms with van der Waals surface area (Å²) in [7, 11) is -3.47. The fourth-order valence-electron chi connectivity index (χ4n) is 3.43. The number of sulfone groups is 1. The topological polar surface area (TPSA) is 126 Å². The molecule has 0 saturated carbocycles. The molecule has 0 unspecified atom stereocenters. The average Bonchev–Trinajstić information content (AvgIpc) is 3.31. The molecule has 3 N–H and O–H groups in total. The summed E-state index contributed by atoms with van der Waals surface area (Å²) < 4.78 is 30.9. The molecule has 10 nitrogen and oxygen atoms in total. The van der Waals surface area contributed by atoms with Gasteiger partial charge in [0.05, 0.1) is 36.9 Å². The molecule has 1 saturated heterocycles. The minimum absolute atomic E-state index is 0.105. The number of aromatic nitrogens is 2. The molecule has 36 heavy (non-hydrogen) atoms. The van der Waals surface area contributed by atoms with Gasteiger partial charge in [0.15, 0.2) is 15.7 Å². The Morgan fingerprint density at radius 2 is 1.94 bits per heavy atom. The maximum atomic E-state index is 12.7. The summed E-state index contributed by atoms with van der Waals surface area (Å²) in [5, 5.41) is 10.4. The highest BCUT2D eigenvalue weighted by atomic mass is 35.5. The summed E-state index contributed by atoms with van der Waals surface area (Å²) in [5.74, 6) is 0.413. The number of hydrogen-bond acceptors (Lipinski definition) is 10. The zero-order valence-electron chi connectivity index (χ0n) is 19.8. The molecule has 3 aromatic rings. The number of carbonyl (C=O) groups excluding carboxylic acids is 1. The Kier molecular flexibility index (Phi) is 8.42. The molecule has 2 aromatic heterocycles. The van der Waals surface area contributed by atoms with Crippen LogP contribution < -0.4 is 16.0 Å². The Hall–Kier alpha value is -2.77. The van der Waals surface area contributed by atoms with Crippen molar-refractivity contribution < 1.29 is 17.9 Å². The predicted octanol–water partition coefficient (Wildman–Crippen LogP) is 4.13. The molecule has 0 aliphatic carbocycles. The zero-order valence-corrected chi connectivity index (χ0v) is 22.2. The van der Waals surface area contributed by atoms with Crippen LogP contribution in [0.25, 0.3) is 0 Å². The molecule has 1 amide bonds. The number of amides is 1. The van der Waals surface area contributed by atoms with Crippen LogP contribution in [0.2, 0.25) is 5.02 Å². The van der Waals surface area contributed by atoms with Gasteiger partial charge in [-0.25, -0.2) is 13.4 Å². The Morgan fingerprint density at radius 1 is 1.19 bits per heavy atom. The number of nitrogens with zero attached hydrogens (tertiary/aromatic N) is 3. The highest BCUT2D eigenvalue weighted by Gasteiger charge is 2.25. The van der Waals surface area contributed by atoms with E-state index in [1.165, 1.54) is 6.20 Å². The molecule has 1 aromatic carbocycles. The van der Waals surface area contributed by atoms with Gasteiger partial charge in [0.2, 0.25) is 11.9 Å². The molecule has 4 rings (SSSR count). The van der Waals surface area contributed by atoms with Gasteiger partial charge >= 0.3 is 0 Å². The van der Waals surface area contributed by atoms with Crippen molar-refractivity contribution in [3.8, 4) is 0 Å². The lowest BCUT2D eigenvalue weighted by atomic mass is 10.2. The van der Waals surface area contributed by atoms with Crippen molar-refractivity contribution in [2.75, 3.05) is 48.8 Å². The molecule has 0 bridgehead atoms. The summed E-state index contributed by atoms with van der Waals surface area (Å²) >= 11 is 7.42. The van der Waals surface area contributed by atoms with Crippen LogP contribution in [0.5, 0.6) is 0 Å². The first-order chi connectivity index (χ1) is 17.2. The first-order valence-corrected chi connectivity index (χ1v) is 14.1. The molecule has 13 heteroatoms.